The van der Waals surface area contributed by atoms with Crippen molar-refractivity contribution in [3.63, 3.8) is 0 Å². The third kappa shape index (κ3) is 3.71. The molecule has 1 aliphatic heterocycles. The van der Waals surface area contributed by atoms with Gasteiger partial charge in [-0.15, -0.1) is 0 Å². The van der Waals surface area contributed by atoms with Gasteiger partial charge in [-0.05, 0) is 31.2 Å². The van der Waals surface area contributed by atoms with E-state index in [9.17, 15) is 9.59 Å². The van der Waals surface area contributed by atoms with Gasteiger partial charge in [-0.3, -0.25) is 9.59 Å². The van der Waals surface area contributed by atoms with Gasteiger partial charge in [-0.25, -0.2) is 5.01 Å². The molecule has 0 aliphatic carbocycles. The molecule has 2 amide bonds. The van der Waals surface area contributed by atoms with E-state index in [-0.39, 0.29) is 24.3 Å². The quantitative estimate of drug-likeness (QED) is 0.918. The average Bonchev–Trinajstić information content (AvgIpc) is 3.08. The molecule has 0 bridgehead atoms. The lowest BCUT2D eigenvalue weighted by atomic mass is 10.1. The number of benzene rings is 1. The van der Waals surface area contributed by atoms with Crippen molar-refractivity contribution in [1.29, 1.82) is 0 Å². The largest absolute Gasteiger partial charge is 0.469 e. The number of nitrogens with one attached hydrogen (secondary N) is 1. The van der Waals surface area contributed by atoms with E-state index in [2.05, 4.69) is 10.4 Å². The van der Waals surface area contributed by atoms with E-state index in [1.165, 1.54) is 5.01 Å². The second-order valence-electron chi connectivity index (χ2n) is 5.75. The molecule has 24 heavy (non-hydrogen) atoms. The molecule has 0 spiro atoms. The van der Waals surface area contributed by atoms with Gasteiger partial charge < -0.3 is 9.73 Å². The van der Waals surface area contributed by atoms with Crippen molar-refractivity contribution in [2.75, 3.05) is 5.01 Å². The van der Waals surface area contributed by atoms with Gasteiger partial charge in [0.05, 0.1) is 12.0 Å². The third-order valence-electron chi connectivity index (χ3n) is 3.76. The highest BCUT2D eigenvalue weighted by Gasteiger charge is 2.26. The standard InChI is InChI=1S/C18H19N3O3/c1-13(12-15-8-5-11-24-15)19-18(23)16-9-10-17(22)21(20-16)14-6-3-2-4-7-14/h2-8,11,13H,9-10,12H2,1H3,(H,19,23)/t13-/m1/s1. The van der Waals surface area contributed by atoms with Crippen molar-refractivity contribution in [3.05, 3.63) is 54.5 Å². The number of amides is 2. The summed E-state index contributed by atoms with van der Waals surface area (Å²) in [6, 6.07) is 12.7. The van der Waals surface area contributed by atoms with Crippen LogP contribution >= 0.6 is 0 Å². The van der Waals surface area contributed by atoms with Crippen molar-refractivity contribution in [2.24, 2.45) is 5.10 Å². The summed E-state index contributed by atoms with van der Waals surface area (Å²) in [7, 11) is 0. The molecule has 2 heterocycles. The summed E-state index contributed by atoms with van der Waals surface area (Å²) >= 11 is 0. The molecule has 6 nitrogen and oxygen atoms in total. The Kier molecular flexibility index (Phi) is 4.74. The first-order chi connectivity index (χ1) is 11.6. The Hall–Kier alpha value is -2.89. The molecule has 1 aromatic carbocycles. The van der Waals surface area contributed by atoms with Crippen molar-refractivity contribution in [3.8, 4) is 0 Å². The van der Waals surface area contributed by atoms with Crippen molar-refractivity contribution in [2.45, 2.75) is 32.2 Å². The number of carbonyl (C=O) groups excluding carboxylic acids is 2. The summed E-state index contributed by atoms with van der Waals surface area (Å²) < 4.78 is 5.29. The molecule has 0 saturated carbocycles. The van der Waals surface area contributed by atoms with Crippen LogP contribution in [0.4, 0.5) is 5.69 Å². The highest BCUT2D eigenvalue weighted by molar-refractivity contribution is 6.40. The normalized spacial score (nSPS) is 15.8. The molecule has 2 aromatic rings. The summed E-state index contributed by atoms with van der Waals surface area (Å²) in [6.07, 6.45) is 2.83. The maximum atomic E-state index is 12.4. The van der Waals surface area contributed by atoms with Crippen LogP contribution in [0.25, 0.3) is 0 Å². The second-order valence-corrected chi connectivity index (χ2v) is 5.75. The number of hydrogen-bond donors (Lipinski definition) is 1. The van der Waals surface area contributed by atoms with Crippen LogP contribution in [0.15, 0.2) is 58.2 Å². The van der Waals surface area contributed by atoms with E-state index < -0.39 is 0 Å². The molecule has 0 fully saturated rings. The molecular weight excluding hydrogens is 306 g/mol. The van der Waals surface area contributed by atoms with Crippen LogP contribution in [-0.2, 0) is 16.0 Å². The zero-order valence-corrected chi connectivity index (χ0v) is 13.4. The Bertz CT molecular complexity index is 738. The number of para-hydroxylation sites is 1. The lowest BCUT2D eigenvalue weighted by molar-refractivity contribution is -0.119. The Morgan fingerprint density at radius 1 is 1.25 bits per heavy atom. The molecule has 0 unspecified atom stereocenters. The predicted octanol–water partition coefficient (Wildman–Crippen LogP) is 2.51. The van der Waals surface area contributed by atoms with E-state index in [0.717, 1.165) is 5.76 Å². The van der Waals surface area contributed by atoms with Gasteiger partial charge in [0.1, 0.15) is 11.5 Å². The molecule has 1 N–H and O–H groups in total. The highest BCUT2D eigenvalue weighted by atomic mass is 16.3. The molecule has 1 atom stereocenters. The molecule has 1 aromatic heterocycles. The monoisotopic (exact) mass is 325 g/mol. The van der Waals surface area contributed by atoms with Crippen LogP contribution < -0.4 is 10.3 Å². The smallest absolute Gasteiger partial charge is 0.267 e. The van der Waals surface area contributed by atoms with Gasteiger partial charge in [-0.2, -0.15) is 5.10 Å². The van der Waals surface area contributed by atoms with Gasteiger partial charge in [0.2, 0.25) is 5.91 Å². The minimum Gasteiger partial charge on any atom is -0.469 e. The number of rotatable bonds is 5. The van der Waals surface area contributed by atoms with Crippen LogP contribution in [0.2, 0.25) is 0 Å². The Morgan fingerprint density at radius 3 is 2.75 bits per heavy atom. The summed E-state index contributed by atoms with van der Waals surface area (Å²) in [4.78, 5) is 24.5. The molecular formula is C18H19N3O3. The van der Waals surface area contributed by atoms with Crippen molar-refractivity contribution >= 4 is 23.2 Å². The van der Waals surface area contributed by atoms with Crippen LogP contribution in [-0.4, -0.2) is 23.6 Å². The lowest BCUT2D eigenvalue weighted by Gasteiger charge is -2.23. The SMILES string of the molecule is C[C@H](Cc1ccco1)NC(=O)C1=NN(c2ccccc2)C(=O)CC1. The maximum Gasteiger partial charge on any atom is 0.267 e. The van der Waals surface area contributed by atoms with E-state index in [1.807, 2.05) is 37.3 Å². The summed E-state index contributed by atoms with van der Waals surface area (Å²) in [5.41, 5.74) is 1.03. The van der Waals surface area contributed by atoms with E-state index in [0.29, 0.717) is 24.2 Å². The number of hydrazone groups is 1. The fourth-order valence-electron chi connectivity index (χ4n) is 2.58. The van der Waals surface area contributed by atoms with Crippen LogP contribution in [0.3, 0.4) is 0 Å². The van der Waals surface area contributed by atoms with Crippen LogP contribution in [0, 0.1) is 0 Å². The number of nitrogens with zero attached hydrogens (tertiary/aromatic N) is 2. The average molecular weight is 325 g/mol. The first-order valence-corrected chi connectivity index (χ1v) is 7.92. The minimum absolute atomic E-state index is 0.0887. The number of carbonyl (C=O) groups is 2. The summed E-state index contributed by atoms with van der Waals surface area (Å²) in [5, 5.41) is 8.46. The molecule has 0 radical (unpaired) electrons. The minimum atomic E-state index is -0.248. The number of hydrogen-bond acceptors (Lipinski definition) is 4. The van der Waals surface area contributed by atoms with Gasteiger partial charge in [0.15, 0.2) is 0 Å². The lowest BCUT2D eigenvalue weighted by Crippen LogP contribution is -2.42. The molecule has 6 heteroatoms. The Labute approximate surface area is 140 Å². The first-order valence-electron chi connectivity index (χ1n) is 7.92. The van der Waals surface area contributed by atoms with Gasteiger partial charge in [0, 0.05) is 25.3 Å². The summed E-state index contributed by atoms with van der Waals surface area (Å²) in [5.74, 6) is 0.457. The maximum absolute atomic E-state index is 12.4. The third-order valence-corrected chi connectivity index (χ3v) is 3.76. The first kappa shape index (κ1) is 16.0. The Balaban J connectivity index is 1.68. The second kappa shape index (κ2) is 7.12. The van der Waals surface area contributed by atoms with Crippen LogP contribution in [0.1, 0.15) is 25.5 Å². The van der Waals surface area contributed by atoms with Crippen molar-refractivity contribution < 1.29 is 14.0 Å². The zero-order chi connectivity index (χ0) is 16.9. The molecule has 3 rings (SSSR count). The van der Waals surface area contributed by atoms with Gasteiger partial charge in [-0.1, -0.05) is 18.2 Å². The zero-order valence-electron chi connectivity index (χ0n) is 13.4. The van der Waals surface area contributed by atoms with E-state index in [1.54, 1.807) is 18.4 Å². The van der Waals surface area contributed by atoms with Gasteiger partial charge >= 0.3 is 0 Å². The van der Waals surface area contributed by atoms with E-state index in [4.69, 9.17) is 4.42 Å². The molecule has 0 saturated heterocycles. The Morgan fingerprint density at radius 2 is 2.04 bits per heavy atom. The highest BCUT2D eigenvalue weighted by Crippen LogP contribution is 2.19. The number of furan rings is 1. The number of anilines is 1. The summed E-state index contributed by atoms with van der Waals surface area (Å²) in [6.45, 7) is 1.91. The molecule has 124 valence electrons. The fourth-order valence-corrected chi connectivity index (χ4v) is 2.58. The topological polar surface area (TPSA) is 74.9 Å². The van der Waals surface area contributed by atoms with Crippen molar-refractivity contribution in [1.82, 2.24) is 5.32 Å². The van der Waals surface area contributed by atoms with Crippen LogP contribution in [0.5, 0.6) is 0 Å². The van der Waals surface area contributed by atoms with Gasteiger partial charge in [0.25, 0.3) is 5.91 Å². The van der Waals surface area contributed by atoms with E-state index >= 15 is 0 Å². The predicted molar refractivity (Wildman–Crippen MR) is 90.6 cm³/mol. The molecule has 1 aliphatic rings. The fraction of sp³-hybridized carbons (Fsp3) is 0.278.